The van der Waals surface area contributed by atoms with Crippen LogP contribution in [0.3, 0.4) is 0 Å². The van der Waals surface area contributed by atoms with Crippen LogP contribution in [0.15, 0.2) is 30.8 Å². The molecule has 0 radical (unpaired) electrons. The molecule has 0 aliphatic heterocycles. The summed E-state index contributed by atoms with van der Waals surface area (Å²) in [6.45, 7) is 4.98. The Bertz CT molecular complexity index is 426. The van der Waals surface area contributed by atoms with E-state index in [2.05, 4.69) is 25.3 Å². The Morgan fingerprint density at radius 2 is 2.05 bits per heavy atom. The van der Waals surface area contributed by atoms with Crippen molar-refractivity contribution in [3.63, 3.8) is 0 Å². The van der Waals surface area contributed by atoms with Crippen molar-refractivity contribution in [1.82, 2.24) is 0 Å². The van der Waals surface area contributed by atoms with Gasteiger partial charge in [-0.25, -0.2) is 10.0 Å². The maximum atomic E-state index is 9.83. The van der Waals surface area contributed by atoms with Gasteiger partial charge in [0, 0.05) is 6.61 Å². The van der Waals surface area contributed by atoms with Gasteiger partial charge in [-0.3, -0.25) is 0 Å². The zero-order valence-corrected chi connectivity index (χ0v) is 14.2. The fraction of sp³-hybridized carbons (Fsp3) is 0.529. The highest BCUT2D eigenvalue weighted by molar-refractivity contribution is 8.32. The van der Waals surface area contributed by atoms with Crippen LogP contribution in [0.2, 0.25) is 0 Å². The molecule has 3 nitrogen and oxygen atoms in total. The standard InChI is InChI=1S/C17H28O3S/c1-5-15-8-6-9-17(12-15)20-14-16(18)13-19-10-7-11-21(2,3)4/h5-6,8-9,12,16,18H,1,7,10-11,13-14H2,2-4H3. The Morgan fingerprint density at radius 1 is 1.29 bits per heavy atom. The molecule has 0 aliphatic carbocycles. The molecule has 0 spiro atoms. The minimum absolute atomic E-state index is 0.241. The highest BCUT2D eigenvalue weighted by Crippen LogP contribution is 2.34. The number of hydrogen-bond donors (Lipinski definition) is 1. The zero-order valence-electron chi connectivity index (χ0n) is 13.4. The Labute approximate surface area is 130 Å². The number of rotatable bonds is 10. The van der Waals surface area contributed by atoms with Crippen LogP contribution >= 0.6 is 10.0 Å². The molecule has 0 amide bonds. The summed E-state index contributed by atoms with van der Waals surface area (Å²) in [7, 11) is -0.453. The normalized spacial score (nSPS) is 13.7. The summed E-state index contributed by atoms with van der Waals surface area (Å²) in [6, 6.07) is 7.63. The Balaban J connectivity index is 2.16. The van der Waals surface area contributed by atoms with Gasteiger partial charge >= 0.3 is 0 Å². The monoisotopic (exact) mass is 312 g/mol. The second-order valence-electron chi connectivity index (χ2n) is 5.96. The fourth-order valence-electron chi connectivity index (χ4n) is 1.79. The van der Waals surface area contributed by atoms with E-state index in [1.54, 1.807) is 6.08 Å². The fourth-order valence-corrected chi connectivity index (χ4v) is 2.77. The van der Waals surface area contributed by atoms with E-state index in [4.69, 9.17) is 9.47 Å². The van der Waals surface area contributed by atoms with Crippen LogP contribution in [0.4, 0.5) is 0 Å². The van der Waals surface area contributed by atoms with E-state index in [1.165, 1.54) is 5.75 Å². The van der Waals surface area contributed by atoms with Gasteiger partial charge in [-0.1, -0.05) is 24.8 Å². The Morgan fingerprint density at radius 3 is 2.71 bits per heavy atom. The zero-order chi connectivity index (χ0) is 15.7. The second kappa shape index (κ2) is 9.13. The van der Waals surface area contributed by atoms with Gasteiger partial charge in [0.05, 0.1) is 6.61 Å². The Kier molecular flexibility index (Phi) is 7.86. The van der Waals surface area contributed by atoms with E-state index >= 15 is 0 Å². The first-order valence-corrected chi connectivity index (χ1v) is 10.2. The summed E-state index contributed by atoms with van der Waals surface area (Å²) in [5, 5.41) is 9.83. The molecule has 1 N–H and O–H groups in total. The first-order valence-electron chi connectivity index (χ1n) is 7.18. The predicted octanol–water partition coefficient (Wildman–Crippen LogP) is 3.17. The summed E-state index contributed by atoms with van der Waals surface area (Å²) >= 11 is 0. The highest BCUT2D eigenvalue weighted by Gasteiger charge is 2.07. The molecule has 0 aliphatic rings. The van der Waals surface area contributed by atoms with Gasteiger partial charge in [-0.2, -0.15) is 0 Å². The molecular weight excluding hydrogens is 284 g/mol. The number of aliphatic hydroxyl groups excluding tert-OH is 1. The largest absolute Gasteiger partial charge is 0.491 e. The summed E-state index contributed by atoms with van der Waals surface area (Å²) in [5.41, 5.74) is 1.00. The van der Waals surface area contributed by atoms with Crippen LogP contribution in [-0.4, -0.2) is 55.6 Å². The first kappa shape index (κ1) is 18.1. The molecule has 21 heavy (non-hydrogen) atoms. The van der Waals surface area contributed by atoms with Crippen molar-refractivity contribution in [2.24, 2.45) is 0 Å². The molecular formula is C17H28O3S. The van der Waals surface area contributed by atoms with Crippen molar-refractivity contribution in [3.05, 3.63) is 36.4 Å². The van der Waals surface area contributed by atoms with Gasteiger partial charge in [-0.05, 0) is 48.6 Å². The third kappa shape index (κ3) is 8.81. The number of aliphatic hydroxyl groups is 1. The van der Waals surface area contributed by atoms with Gasteiger partial charge in [0.2, 0.25) is 0 Å². The van der Waals surface area contributed by atoms with Crippen molar-refractivity contribution < 1.29 is 14.6 Å². The van der Waals surface area contributed by atoms with E-state index in [1.807, 2.05) is 24.3 Å². The van der Waals surface area contributed by atoms with E-state index in [-0.39, 0.29) is 6.61 Å². The van der Waals surface area contributed by atoms with Crippen molar-refractivity contribution in [2.45, 2.75) is 12.5 Å². The van der Waals surface area contributed by atoms with Crippen molar-refractivity contribution in [3.8, 4) is 5.75 Å². The predicted molar refractivity (Wildman–Crippen MR) is 93.7 cm³/mol. The highest BCUT2D eigenvalue weighted by atomic mass is 32.3. The van der Waals surface area contributed by atoms with Gasteiger partial charge in [0.1, 0.15) is 18.5 Å². The average Bonchev–Trinajstić information content (AvgIpc) is 2.44. The van der Waals surface area contributed by atoms with Gasteiger partial charge in [-0.15, -0.1) is 0 Å². The quantitative estimate of drug-likeness (QED) is 0.675. The van der Waals surface area contributed by atoms with Crippen molar-refractivity contribution in [1.29, 1.82) is 0 Å². The van der Waals surface area contributed by atoms with E-state index < -0.39 is 16.1 Å². The van der Waals surface area contributed by atoms with Crippen molar-refractivity contribution >= 4 is 16.1 Å². The molecule has 1 atom stereocenters. The van der Waals surface area contributed by atoms with Crippen LogP contribution < -0.4 is 4.74 Å². The van der Waals surface area contributed by atoms with Gasteiger partial charge < -0.3 is 14.6 Å². The number of hydrogen-bond acceptors (Lipinski definition) is 3. The van der Waals surface area contributed by atoms with E-state index in [9.17, 15) is 5.11 Å². The molecule has 0 fully saturated rings. The third-order valence-corrected chi connectivity index (χ3v) is 4.41. The molecule has 1 rings (SSSR count). The van der Waals surface area contributed by atoms with Crippen LogP contribution in [0.5, 0.6) is 5.75 Å². The molecule has 4 heteroatoms. The van der Waals surface area contributed by atoms with Crippen LogP contribution in [0, 0.1) is 0 Å². The molecule has 120 valence electrons. The summed E-state index contributed by atoms with van der Waals surface area (Å²) in [6.07, 6.45) is 9.12. The lowest BCUT2D eigenvalue weighted by Crippen LogP contribution is -2.24. The van der Waals surface area contributed by atoms with Gasteiger partial charge in [0.15, 0.2) is 0 Å². The van der Waals surface area contributed by atoms with Crippen LogP contribution in [0.25, 0.3) is 6.08 Å². The first-order chi connectivity index (χ1) is 9.90. The summed E-state index contributed by atoms with van der Waals surface area (Å²) in [5.74, 6) is 1.94. The summed E-state index contributed by atoms with van der Waals surface area (Å²) < 4.78 is 11.0. The molecule has 0 aromatic heterocycles. The lowest BCUT2D eigenvalue weighted by atomic mass is 10.2. The smallest absolute Gasteiger partial charge is 0.120 e. The van der Waals surface area contributed by atoms with E-state index in [0.717, 1.165) is 17.7 Å². The molecule has 0 bridgehead atoms. The van der Waals surface area contributed by atoms with Crippen LogP contribution in [0.1, 0.15) is 12.0 Å². The molecule has 1 aromatic rings. The summed E-state index contributed by atoms with van der Waals surface area (Å²) in [4.78, 5) is 0. The topological polar surface area (TPSA) is 38.7 Å². The third-order valence-electron chi connectivity index (χ3n) is 2.89. The van der Waals surface area contributed by atoms with Gasteiger partial charge in [0.25, 0.3) is 0 Å². The SMILES string of the molecule is C=Cc1cccc(OCC(O)COCCCS(C)(C)C)c1. The molecule has 0 saturated heterocycles. The number of ether oxygens (including phenoxy) is 2. The molecule has 0 heterocycles. The average molecular weight is 312 g/mol. The molecule has 1 unspecified atom stereocenters. The minimum atomic E-state index is -0.598. The minimum Gasteiger partial charge on any atom is -0.491 e. The Hall–Kier alpha value is -0.970. The molecule has 1 aromatic carbocycles. The van der Waals surface area contributed by atoms with Crippen molar-refractivity contribution in [2.75, 3.05) is 44.3 Å². The lowest BCUT2D eigenvalue weighted by Gasteiger charge is -2.24. The maximum Gasteiger partial charge on any atom is 0.120 e. The van der Waals surface area contributed by atoms with Crippen LogP contribution in [-0.2, 0) is 4.74 Å². The molecule has 0 saturated carbocycles. The number of benzene rings is 1. The maximum absolute atomic E-state index is 9.83. The van der Waals surface area contributed by atoms with E-state index in [0.29, 0.717) is 13.2 Å². The lowest BCUT2D eigenvalue weighted by molar-refractivity contribution is 0.0125. The second-order valence-corrected chi connectivity index (χ2v) is 10.6.